The molecule has 1 unspecified atom stereocenters. The van der Waals surface area contributed by atoms with E-state index in [9.17, 15) is 5.11 Å². The molecule has 1 saturated carbocycles. The van der Waals surface area contributed by atoms with Crippen LogP contribution >= 0.6 is 0 Å². The lowest BCUT2D eigenvalue weighted by molar-refractivity contribution is 0.203. The maximum Gasteiger partial charge on any atom is 0.0792 e. The molecule has 1 nitrogen and oxygen atoms in total. The highest BCUT2D eigenvalue weighted by molar-refractivity contribution is 5.41. The van der Waals surface area contributed by atoms with Gasteiger partial charge in [-0.1, -0.05) is 23.3 Å². The SMILES string of the molecule is CC1=C2CC2[C@@H](O)C=C1. The van der Waals surface area contributed by atoms with Gasteiger partial charge in [0.25, 0.3) is 0 Å². The minimum Gasteiger partial charge on any atom is -0.388 e. The molecule has 2 rings (SSSR count). The molecule has 0 bridgehead atoms. The molecule has 1 fully saturated rings. The Morgan fingerprint density at radius 3 is 3.11 bits per heavy atom. The largest absolute Gasteiger partial charge is 0.388 e. The van der Waals surface area contributed by atoms with Crippen LogP contribution in [-0.4, -0.2) is 11.2 Å². The summed E-state index contributed by atoms with van der Waals surface area (Å²) in [6.07, 6.45) is 4.85. The number of aliphatic hydroxyl groups excluding tert-OH is 1. The highest BCUT2D eigenvalue weighted by Gasteiger charge is 2.37. The quantitative estimate of drug-likeness (QED) is 0.512. The molecule has 0 heterocycles. The van der Waals surface area contributed by atoms with E-state index >= 15 is 0 Å². The molecule has 1 heteroatoms. The summed E-state index contributed by atoms with van der Waals surface area (Å²) in [5, 5.41) is 9.22. The first-order valence-corrected chi connectivity index (χ1v) is 3.35. The van der Waals surface area contributed by atoms with Crippen LogP contribution in [0.1, 0.15) is 13.3 Å². The van der Waals surface area contributed by atoms with Crippen LogP contribution in [0.3, 0.4) is 0 Å². The molecule has 9 heavy (non-hydrogen) atoms. The Morgan fingerprint density at radius 2 is 2.44 bits per heavy atom. The summed E-state index contributed by atoms with van der Waals surface area (Å²) in [4.78, 5) is 0. The lowest BCUT2D eigenvalue weighted by Gasteiger charge is -2.05. The third-order valence-electron chi connectivity index (χ3n) is 2.19. The molecule has 0 aliphatic heterocycles. The van der Waals surface area contributed by atoms with Crippen LogP contribution in [0.25, 0.3) is 0 Å². The molecule has 0 saturated heterocycles. The van der Waals surface area contributed by atoms with Crippen molar-refractivity contribution >= 4 is 0 Å². The lowest BCUT2D eigenvalue weighted by Crippen LogP contribution is -2.06. The summed E-state index contributed by atoms with van der Waals surface area (Å²) >= 11 is 0. The van der Waals surface area contributed by atoms with E-state index < -0.39 is 0 Å². The van der Waals surface area contributed by atoms with Gasteiger partial charge in [-0.05, 0) is 13.3 Å². The standard InChI is InChI=1S/C8H10O/c1-5-2-3-8(9)7-4-6(5)7/h2-3,7-9H,4H2,1H3/t7?,8-/m0/s1. The van der Waals surface area contributed by atoms with Crippen molar-refractivity contribution in [2.24, 2.45) is 5.92 Å². The van der Waals surface area contributed by atoms with E-state index in [0.717, 1.165) is 6.42 Å². The number of rotatable bonds is 0. The molecule has 0 radical (unpaired) electrons. The Kier molecular flexibility index (Phi) is 0.862. The van der Waals surface area contributed by atoms with Crippen molar-refractivity contribution in [1.82, 2.24) is 0 Å². The molecule has 0 amide bonds. The Balaban J connectivity index is 2.32. The number of fused-ring (bicyclic) bond motifs is 1. The fraction of sp³-hybridized carbons (Fsp3) is 0.500. The second kappa shape index (κ2) is 1.48. The fourth-order valence-corrected chi connectivity index (χ4v) is 1.44. The molecule has 0 spiro atoms. The van der Waals surface area contributed by atoms with E-state index in [-0.39, 0.29) is 6.10 Å². The van der Waals surface area contributed by atoms with Gasteiger partial charge in [-0.25, -0.2) is 0 Å². The molecular weight excluding hydrogens is 112 g/mol. The summed E-state index contributed by atoms with van der Waals surface area (Å²) in [6, 6.07) is 0. The third kappa shape index (κ3) is 0.648. The van der Waals surface area contributed by atoms with E-state index in [1.807, 2.05) is 12.2 Å². The monoisotopic (exact) mass is 122 g/mol. The minimum atomic E-state index is -0.177. The van der Waals surface area contributed by atoms with E-state index in [0.29, 0.717) is 5.92 Å². The highest BCUT2D eigenvalue weighted by Crippen LogP contribution is 2.45. The van der Waals surface area contributed by atoms with Gasteiger partial charge in [0.05, 0.1) is 6.10 Å². The minimum absolute atomic E-state index is 0.177. The predicted molar refractivity (Wildman–Crippen MR) is 36.0 cm³/mol. The van der Waals surface area contributed by atoms with E-state index in [2.05, 4.69) is 6.92 Å². The van der Waals surface area contributed by atoms with Gasteiger partial charge in [0, 0.05) is 5.92 Å². The Hall–Kier alpha value is -0.560. The van der Waals surface area contributed by atoms with Crippen LogP contribution in [0.4, 0.5) is 0 Å². The zero-order valence-corrected chi connectivity index (χ0v) is 5.46. The first-order valence-electron chi connectivity index (χ1n) is 3.35. The van der Waals surface area contributed by atoms with Crippen molar-refractivity contribution < 1.29 is 5.11 Å². The van der Waals surface area contributed by atoms with E-state index in [4.69, 9.17) is 0 Å². The molecular formula is C8H10O. The second-order valence-corrected chi connectivity index (χ2v) is 2.87. The fourth-order valence-electron chi connectivity index (χ4n) is 1.44. The second-order valence-electron chi connectivity index (χ2n) is 2.87. The zero-order valence-electron chi connectivity index (χ0n) is 5.46. The van der Waals surface area contributed by atoms with Crippen molar-refractivity contribution in [2.45, 2.75) is 19.4 Å². The van der Waals surface area contributed by atoms with E-state index in [1.54, 1.807) is 0 Å². The number of aliphatic hydroxyl groups is 1. The van der Waals surface area contributed by atoms with Crippen LogP contribution in [0.5, 0.6) is 0 Å². The smallest absolute Gasteiger partial charge is 0.0792 e. The molecule has 1 N–H and O–H groups in total. The highest BCUT2D eigenvalue weighted by atomic mass is 16.3. The molecule has 2 aliphatic carbocycles. The molecule has 0 aromatic rings. The molecule has 48 valence electrons. The van der Waals surface area contributed by atoms with Crippen molar-refractivity contribution in [2.75, 3.05) is 0 Å². The molecule has 0 aromatic heterocycles. The lowest BCUT2D eigenvalue weighted by atomic mass is 10.1. The van der Waals surface area contributed by atoms with Gasteiger partial charge in [-0.2, -0.15) is 0 Å². The summed E-state index contributed by atoms with van der Waals surface area (Å²) < 4.78 is 0. The van der Waals surface area contributed by atoms with Crippen LogP contribution in [-0.2, 0) is 0 Å². The predicted octanol–water partition coefficient (Wildman–Crippen LogP) is 1.25. The number of allylic oxidation sites excluding steroid dienone is 2. The molecule has 2 atom stereocenters. The van der Waals surface area contributed by atoms with Crippen molar-refractivity contribution in [3.05, 3.63) is 23.3 Å². The first-order chi connectivity index (χ1) is 4.29. The average Bonchev–Trinajstić information content (AvgIpc) is 2.57. The van der Waals surface area contributed by atoms with Crippen molar-refractivity contribution in [1.29, 1.82) is 0 Å². The summed E-state index contributed by atoms with van der Waals surface area (Å²) in [5.74, 6) is 0.495. The third-order valence-corrected chi connectivity index (χ3v) is 2.19. The zero-order chi connectivity index (χ0) is 6.43. The van der Waals surface area contributed by atoms with Gasteiger partial charge in [-0.15, -0.1) is 0 Å². The van der Waals surface area contributed by atoms with Crippen LogP contribution < -0.4 is 0 Å². The number of hydrogen-bond acceptors (Lipinski definition) is 1. The van der Waals surface area contributed by atoms with Gasteiger partial charge in [0.1, 0.15) is 0 Å². The number of hydrogen-bond donors (Lipinski definition) is 1. The topological polar surface area (TPSA) is 20.2 Å². The maximum atomic E-state index is 9.22. The maximum absolute atomic E-state index is 9.22. The van der Waals surface area contributed by atoms with Gasteiger partial charge in [0.2, 0.25) is 0 Å². The van der Waals surface area contributed by atoms with Crippen molar-refractivity contribution in [3.8, 4) is 0 Å². The van der Waals surface area contributed by atoms with Crippen LogP contribution in [0, 0.1) is 5.92 Å². The Morgan fingerprint density at radius 1 is 1.67 bits per heavy atom. The van der Waals surface area contributed by atoms with Gasteiger partial charge in [-0.3, -0.25) is 0 Å². The van der Waals surface area contributed by atoms with Gasteiger partial charge >= 0.3 is 0 Å². The average molecular weight is 122 g/mol. The molecule has 2 aliphatic rings. The van der Waals surface area contributed by atoms with E-state index in [1.165, 1.54) is 11.1 Å². The van der Waals surface area contributed by atoms with Crippen LogP contribution in [0.15, 0.2) is 23.3 Å². The Bertz CT molecular complexity index is 201. The summed E-state index contributed by atoms with van der Waals surface area (Å²) in [6.45, 7) is 2.11. The van der Waals surface area contributed by atoms with Gasteiger partial charge < -0.3 is 5.11 Å². The first kappa shape index (κ1) is 5.24. The summed E-state index contributed by atoms with van der Waals surface area (Å²) in [7, 11) is 0. The van der Waals surface area contributed by atoms with Crippen LogP contribution in [0.2, 0.25) is 0 Å². The van der Waals surface area contributed by atoms with Crippen molar-refractivity contribution in [3.63, 3.8) is 0 Å². The normalized spacial score (nSPS) is 38.9. The summed E-state index contributed by atoms with van der Waals surface area (Å²) in [5.41, 5.74) is 2.83. The van der Waals surface area contributed by atoms with Gasteiger partial charge in [0.15, 0.2) is 0 Å². The molecule has 0 aromatic carbocycles. The Labute approximate surface area is 54.7 Å².